The molecule has 0 N–H and O–H groups in total. The Morgan fingerprint density at radius 2 is 1.53 bits per heavy atom. The second kappa shape index (κ2) is 8.50. The number of aryl methyl sites for hydroxylation is 1. The van der Waals surface area contributed by atoms with Gasteiger partial charge in [-0.3, -0.25) is 4.98 Å². The quantitative estimate of drug-likeness (QED) is 0.236. The smallest absolute Gasteiger partial charge is 0.227 e. The van der Waals surface area contributed by atoms with Crippen LogP contribution in [0.4, 0.5) is 0 Å². The van der Waals surface area contributed by atoms with E-state index in [9.17, 15) is 0 Å². The fraction of sp³-hybridized carbons (Fsp3) is 0.176. The van der Waals surface area contributed by atoms with Crippen molar-refractivity contribution >= 4 is 53.6 Å². The fourth-order valence-electron chi connectivity index (χ4n) is 5.48. The zero-order valence-electron chi connectivity index (χ0n) is 22.0. The molecule has 0 unspecified atom stereocenters. The van der Waals surface area contributed by atoms with Crippen molar-refractivity contribution in [1.29, 1.82) is 0 Å². The highest BCUT2D eigenvalue weighted by Gasteiger charge is 2.18. The van der Waals surface area contributed by atoms with Gasteiger partial charge in [0.2, 0.25) is 5.71 Å². The molecule has 186 valence electrons. The lowest BCUT2D eigenvalue weighted by Crippen LogP contribution is -2.10. The Balaban J connectivity index is 1.40. The van der Waals surface area contributed by atoms with Crippen LogP contribution >= 0.6 is 11.3 Å². The van der Waals surface area contributed by atoms with E-state index in [2.05, 4.69) is 100 Å². The Morgan fingerprint density at radius 3 is 2.37 bits per heavy atom. The van der Waals surface area contributed by atoms with E-state index >= 15 is 0 Å². The van der Waals surface area contributed by atoms with E-state index in [4.69, 9.17) is 14.4 Å². The van der Waals surface area contributed by atoms with Gasteiger partial charge in [0.15, 0.2) is 0 Å². The number of furan rings is 1. The maximum atomic E-state index is 6.43. The van der Waals surface area contributed by atoms with Crippen LogP contribution in [0.15, 0.2) is 89.6 Å². The van der Waals surface area contributed by atoms with Crippen molar-refractivity contribution in [1.82, 2.24) is 9.97 Å². The molecule has 0 radical (unpaired) electrons. The van der Waals surface area contributed by atoms with Crippen LogP contribution in [0, 0.1) is 12.3 Å². The van der Waals surface area contributed by atoms with E-state index in [0.717, 1.165) is 39.6 Å². The Morgan fingerprint density at radius 1 is 0.763 bits per heavy atom. The first-order chi connectivity index (χ1) is 18.4. The Bertz CT molecular complexity index is 2010. The van der Waals surface area contributed by atoms with Crippen LogP contribution < -0.4 is 0 Å². The molecular weight excluding hydrogens is 484 g/mol. The number of hydrogen-bond donors (Lipinski definition) is 0. The number of pyridine rings is 2. The molecule has 3 nitrogen and oxygen atoms in total. The lowest BCUT2D eigenvalue weighted by Gasteiger charge is -2.20. The van der Waals surface area contributed by atoms with E-state index in [1.54, 1.807) is 0 Å². The van der Waals surface area contributed by atoms with E-state index in [1.807, 2.05) is 23.7 Å². The minimum atomic E-state index is 0.208. The second-order valence-corrected chi connectivity index (χ2v) is 12.4. The summed E-state index contributed by atoms with van der Waals surface area (Å²) in [7, 11) is 0. The van der Waals surface area contributed by atoms with E-state index in [-0.39, 0.29) is 5.41 Å². The standard InChI is InChI=1S/C34H28N2OS/c1-20-18-35-29(16-21(20)17-34(2,3)4)22-15-28-25-11-7-10-24(31(25)37-33(28)36-19-22)27-13-8-12-26-23-9-5-6-14-30(23)38-32(26)27/h5-16,18-19H,17H2,1-4H3. The molecule has 4 heteroatoms. The van der Waals surface area contributed by atoms with Crippen molar-refractivity contribution in [3.63, 3.8) is 0 Å². The van der Waals surface area contributed by atoms with Crippen molar-refractivity contribution in [2.45, 2.75) is 34.1 Å². The highest BCUT2D eigenvalue weighted by atomic mass is 32.1. The van der Waals surface area contributed by atoms with E-state index in [0.29, 0.717) is 5.71 Å². The summed E-state index contributed by atoms with van der Waals surface area (Å²) < 4.78 is 9.02. The molecule has 0 aliphatic carbocycles. The van der Waals surface area contributed by atoms with Crippen molar-refractivity contribution < 1.29 is 4.42 Å². The summed E-state index contributed by atoms with van der Waals surface area (Å²) in [4.78, 5) is 9.51. The molecule has 7 aromatic rings. The number of thiophene rings is 1. The number of nitrogens with zero attached hydrogens (tertiary/aromatic N) is 2. The highest BCUT2D eigenvalue weighted by Crippen LogP contribution is 2.43. The lowest BCUT2D eigenvalue weighted by molar-refractivity contribution is 0.410. The summed E-state index contributed by atoms with van der Waals surface area (Å²) >= 11 is 1.84. The van der Waals surface area contributed by atoms with Crippen molar-refractivity contribution in [3.8, 4) is 22.4 Å². The molecule has 0 atom stereocenters. The predicted molar refractivity (Wildman–Crippen MR) is 161 cm³/mol. The first-order valence-corrected chi connectivity index (χ1v) is 13.9. The molecule has 7 rings (SSSR count). The summed E-state index contributed by atoms with van der Waals surface area (Å²) in [6.45, 7) is 8.96. The van der Waals surface area contributed by atoms with Gasteiger partial charge in [-0.1, -0.05) is 75.4 Å². The van der Waals surface area contributed by atoms with Gasteiger partial charge < -0.3 is 4.42 Å². The van der Waals surface area contributed by atoms with Crippen LogP contribution in [0.3, 0.4) is 0 Å². The number of aromatic nitrogens is 2. The minimum Gasteiger partial charge on any atom is -0.437 e. The summed E-state index contributed by atoms with van der Waals surface area (Å²) in [5.74, 6) is 0. The molecule has 38 heavy (non-hydrogen) atoms. The second-order valence-electron chi connectivity index (χ2n) is 11.4. The van der Waals surface area contributed by atoms with Gasteiger partial charge >= 0.3 is 0 Å². The minimum absolute atomic E-state index is 0.208. The SMILES string of the molecule is Cc1cnc(-c2cnc3oc4c(-c5cccc6c5sc5ccccc56)cccc4c3c2)cc1CC(C)(C)C. The Kier molecular flexibility index (Phi) is 5.17. The van der Waals surface area contributed by atoms with Crippen LogP contribution in [-0.4, -0.2) is 9.97 Å². The Labute approximate surface area is 225 Å². The van der Waals surface area contributed by atoms with Crippen LogP contribution in [0.5, 0.6) is 0 Å². The number of fused-ring (bicyclic) bond motifs is 6. The normalized spacial score (nSPS) is 12.3. The monoisotopic (exact) mass is 512 g/mol. The molecule has 0 spiro atoms. The van der Waals surface area contributed by atoms with Gasteiger partial charge in [0.1, 0.15) is 5.58 Å². The average molecular weight is 513 g/mol. The molecule has 3 aromatic carbocycles. The maximum Gasteiger partial charge on any atom is 0.227 e. The molecule has 0 aliphatic rings. The number of benzene rings is 3. The van der Waals surface area contributed by atoms with Crippen LogP contribution in [-0.2, 0) is 6.42 Å². The predicted octanol–water partition coefficient (Wildman–Crippen LogP) is 9.97. The van der Waals surface area contributed by atoms with Crippen molar-refractivity contribution in [2.24, 2.45) is 5.41 Å². The third-order valence-electron chi connectivity index (χ3n) is 7.28. The molecule has 0 saturated heterocycles. The van der Waals surface area contributed by atoms with Crippen molar-refractivity contribution in [3.05, 3.63) is 96.3 Å². The third-order valence-corrected chi connectivity index (χ3v) is 8.50. The third kappa shape index (κ3) is 3.79. The van der Waals surface area contributed by atoms with Crippen LogP contribution in [0.2, 0.25) is 0 Å². The number of para-hydroxylation sites is 1. The van der Waals surface area contributed by atoms with Crippen LogP contribution in [0.25, 0.3) is 64.6 Å². The number of rotatable bonds is 3. The maximum absolute atomic E-state index is 6.43. The largest absolute Gasteiger partial charge is 0.437 e. The zero-order valence-corrected chi connectivity index (χ0v) is 22.8. The van der Waals surface area contributed by atoms with Gasteiger partial charge in [0, 0.05) is 60.0 Å². The van der Waals surface area contributed by atoms with E-state index < -0.39 is 0 Å². The summed E-state index contributed by atoms with van der Waals surface area (Å²) in [6, 6.07) is 26.0. The summed E-state index contributed by atoms with van der Waals surface area (Å²) in [6.07, 6.45) is 4.87. The fourth-order valence-corrected chi connectivity index (χ4v) is 6.71. The van der Waals surface area contributed by atoms with Crippen LogP contribution in [0.1, 0.15) is 31.9 Å². The van der Waals surface area contributed by atoms with Gasteiger partial charge in [-0.05, 0) is 48.1 Å². The van der Waals surface area contributed by atoms with Gasteiger partial charge in [-0.25, -0.2) is 4.98 Å². The van der Waals surface area contributed by atoms with Gasteiger partial charge in [-0.2, -0.15) is 0 Å². The van der Waals surface area contributed by atoms with Gasteiger partial charge in [0.25, 0.3) is 0 Å². The summed E-state index contributed by atoms with van der Waals surface area (Å²) in [5, 5.41) is 4.68. The van der Waals surface area contributed by atoms with Gasteiger partial charge in [0.05, 0.1) is 5.69 Å². The van der Waals surface area contributed by atoms with Crippen molar-refractivity contribution in [2.75, 3.05) is 0 Å². The zero-order chi connectivity index (χ0) is 26.0. The molecule has 0 aliphatic heterocycles. The average Bonchev–Trinajstić information content (AvgIpc) is 3.47. The molecule has 4 aromatic heterocycles. The first kappa shape index (κ1) is 23.1. The molecular formula is C34H28N2OS. The molecule has 0 saturated carbocycles. The Hall–Kier alpha value is -4.02. The first-order valence-electron chi connectivity index (χ1n) is 13.0. The summed E-state index contributed by atoms with van der Waals surface area (Å²) in [5.41, 5.74) is 8.55. The topological polar surface area (TPSA) is 38.9 Å². The molecule has 0 bridgehead atoms. The molecule has 0 fully saturated rings. The highest BCUT2D eigenvalue weighted by molar-refractivity contribution is 7.26. The number of hydrogen-bond acceptors (Lipinski definition) is 4. The van der Waals surface area contributed by atoms with Gasteiger partial charge in [-0.15, -0.1) is 11.3 Å². The molecule has 0 amide bonds. The molecule has 4 heterocycles. The lowest BCUT2D eigenvalue weighted by atomic mass is 9.86. The van der Waals surface area contributed by atoms with E-state index in [1.165, 1.54) is 36.9 Å².